The fourth-order valence-electron chi connectivity index (χ4n) is 2.27. The van der Waals surface area contributed by atoms with Crippen molar-refractivity contribution in [2.45, 2.75) is 13.3 Å². The van der Waals surface area contributed by atoms with Crippen molar-refractivity contribution >= 4 is 11.6 Å². The van der Waals surface area contributed by atoms with Crippen LogP contribution in [-0.4, -0.2) is 32.9 Å². The zero-order valence-electron chi connectivity index (χ0n) is 14.8. The van der Waals surface area contributed by atoms with Crippen molar-refractivity contribution in [1.82, 2.24) is 5.43 Å². The van der Waals surface area contributed by atoms with E-state index in [1.165, 1.54) is 0 Å². The number of hydrogen-bond acceptors (Lipinski definition) is 5. The van der Waals surface area contributed by atoms with Crippen LogP contribution in [0.2, 0.25) is 0 Å². The second-order valence-corrected chi connectivity index (χ2v) is 5.32. The summed E-state index contributed by atoms with van der Waals surface area (Å²) in [6, 6.07) is 12.8. The summed E-state index contributed by atoms with van der Waals surface area (Å²) in [6.45, 7) is 1.80. The summed E-state index contributed by atoms with van der Waals surface area (Å²) in [5, 5.41) is 4.16. The molecule has 6 nitrogen and oxygen atoms in total. The molecule has 1 N–H and O–H groups in total. The lowest BCUT2D eigenvalue weighted by molar-refractivity contribution is -0.120. The molecule has 2 aromatic carbocycles. The molecule has 132 valence electrons. The van der Waals surface area contributed by atoms with Crippen LogP contribution in [0.5, 0.6) is 17.2 Å². The maximum Gasteiger partial charge on any atom is 0.244 e. The summed E-state index contributed by atoms with van der Waals surface area (Å²) in [5.41, 5.74) is 4.88. The van der Waals surface area contributed by atoms with Gasteiger partial charge in [-0.25, -0.2) is 5.43 Å². The Bertz CT molecular complexity index is 755. The molecule has 0 aromatic heterocycles. The van der Waals surface area contributed by atoms with Gasteiger partial charge in [0.15, 0.2) is 0 Å². The highest BCUT2D eigenvalue weighted by Gasteiger charge is 2.09. The second-order valence-electron chi connectivity index (χ2n) is 5.32. The first-order valence-electron chi connectivity index (χ1n) is 7.75. The number of ether oxygens (including phenoxy) is 3. The van der Waals surface area contributed by atoms with E-state index in [0.717, 1.165) is 16.9 Å². The highest BCUT2D eigenvalue weighted by atomic mass is 16.5. The van der Waals surface area contributed by atoms with Gasteiger partial charge in [-0.05, 0) is 36.8 Å². The molecule has 0 aliphatic carbocycles. The highest BCUT2D eigenvalue weighted by molar-refractivity contribution is 6.01. The van der Waals surface area contributed by atoms with Gasteiger partial charge in [-0.3, -0.25) is 4.79 Å². The van der Waals surface area contributed by atoms with Crippen LogP contribution in [0.1, 0.15) is 18.1 Å². The molecule has 0 saturated heterocycles. The quantitative estimate of drug-likeness (QED) is 0.620. The van der Waals surface area contributed by atoms with Gasteiger partial charge in [0.25, 0.3) is 0 Å². The van der Waals surface area contributed by atoms with Gasteiger partial charge in [0.05, 0.1) is 33.5 Å². The van der Waals surface area contributed by atoms with E-state index in [4.69, 9.17) is 14.2 Å². The minimum Gasteiger partial charge on any atom is -0.497 e. The lowest BCUT2D eigenvalue weighted by atomic mass is 10.1. The maximum atomic E-state index is 12.1. The van der Waals surface area contributed by atoms with Crippen LogP contribution in [0.3, 0.4) is 0 Å². The van der Waals surface area contributed by atoms with Gasteiger partial charge < -0.3 is 14.2 Å². The van der Waals surface area contributed by atoms with E-state index in [0.29, 0.717) is 17.2 Å². The number of nitrogens with one attached hydrogen (secondary N) is 1. The molecule has 0 heterocycles. The predicted molar refractivity (Wildman–Crippen MR) is 96.6 cm³/mol. The molecule has 0 atom stereocenters. The van der Waals surface area contributed by atoms with Crippen molar-refractivity contribution in [3.8, 4) is 17.2 Å². The van der Waals surface area contributed by atoms with Crippen LogP contribution in [0.15, 0.2) is 47.6 Å². The predicted octanol–water partition coefficient (Wildman–Crippen LogP) is 2.80. The van der Waals surface area contributed by atoms with Crippen LogP contribution >= 0.6 is 0 Å². The molecule has 0 radical (unpaired) electrons. The summed E-state index contributed by atoms with van der Waals surface area (Å²) in [7, 11) is 4.77. The fraction of sp³-hybridized carbons (Fsp3) is 0.263. The molecular weight excluding hydrogens is 320 g/mol. The lowest BCUT2D eigenvalue weighted by Gasteiger charge is -2.10. The number of rotatable bonds is 7. The zero-order chi connectivity index (χ0) is 18.2. The van der Waals surface area contributed by atoms with Crippen molar-refractivity contribution in [2.75, 3.05) is 21.3 Å². The molecule has 0 fully saturated rings. The monoisotopic (exact) mass is 342 g/mol. The molecule has 0 bridgehead atoms. The normalized spacial score (nSPS) is 11.0. The minimum atomic E-state index is -0.197. The summed E-state index contributed by atoms with van der Waals surface area (Å²) in [5.74, 6) is 1.88. The standard InChI is InChI=1S/C19H22N2O4/c1-13(17-10-9-16(24-3)12-18(17)25-4)20-21-19(22)11-14-5-7-15(23-2)8-6-14/h5-10,12H,11H2,1-4H3,(H,21,22)/b20-13+. The molecule has 0 aliphatic heterocycles. The molecule has 2 rings (SSSR count). The molecule has 25 heavy (non-hydrogen) atoms. The lowest BCUT2D eigenvalue weighted by Crippen LogP contribution is -2.21. The number of amides is 1. The molecule has 0 spiro atoms. The average Bonchev–Trinajstić information content (AvgIpc) is 2.66. The summed E-state index contributed by atoms with van der Waals surface area (Å²) >= 11 is 0. The highest BCUT2D eigenvalue weighted by Crippen LogP contribution is 2.25. The maximum absolute atomic E-state index is 12.1. The van der Waals surface area contributed by atoms with Crippen molar-refractivity contribution in [1.29, 1.82) is 0 Å². The Hall–Kier alpha value is -3.02. The molecule has 0 saturated carbocycles. The molecule has 6 heteroatoms. The van der Waals surface area contributed by atoms with Gasteiger partial charge in [-0.15, -0.1) is 0 Å². The smallest absolute Gasteiger partial charge is 0.244 e. The number of nitrogens with zero attached hydrogens (tertiary/aromatic N) is 1. The van der Waals surface area contributed by atoms with Crippen LogP contribution in [0.4, 0.5) is 0 Å². The summed E-state index contributed by atoms with van der Waals surface area (Å²) in [6.07, 6.45) is 0.237. The Morgan fingerprint density at radius 3 is 2.20 bits per heavy atom. The Morgan fingerprint density at radius 2 is 1.60 bits per heavy atom. The summed E-state index contributed by atoms with van der Waals surface area (Å²) in [4.78, 5) is 12.1. The van der Waals surface area contributed by atoms with Crippen molar-refractivity contribution < 1.29 is 19.0 Å². The van der Waals surface area contributed by atoms with Gasteiger partial charge in [0, 0.05) is 11.6 Å². The third-order valence-electron chi connectivity index (χ3n) is 3.67. The largest absolute Gasteiger partial charge is 0.497 e. The van der Waals surface area contributed by atoms with E-state index < -0.39 is 0 Å². The number of hydrazone groups is 1. The Kier molecular flexibility index (Phi) is 6.39. The van der Waals surface area contributed by atoms with Crippen molar-refractivity contribution in [3.05, 3.63) is 53.6 Å². The number of carbonyl (C=O) groups is 1. The SMILES string of the molecule is COc1ccc(CC(=O)N/N=C(\C)c2ccc(OC)cc2OC)cc1. The molecular formula is C19H22N2O4. The fourth-order valence-corrected chi connectivity index (χ4v) is 2.27. The third-order valence-corrected chi connectivity index (χ3v) is 3.67. The Balaban J connectivity index is 2.03. The topological polar surface area (TPSA) is 69.2 Å². The number of methoxy groups -OCH3 is 3. The number of carbonyl (C=O) groups excluding carboxylic acids is 1. The van der Waals surface area contributed by atoms with E-state index >= 15 is 0 Å². The van der Waals surface area contributed by atoms with Gasteiger partial charge in [-0.2, -0.15) is 5.10 Å². The van der Waals surface area contributed by atoms with Gasteiger partial charge in [0.2, 0.25) is 5.91 Å². The second kappa shape index (κ2) is 8.73. The van der Waals surface area contributed by atoms with Crippen LogP contribution in [-0.2, 0) is 11.2 Å². The summed E-state index contributed by atoms with van der Waals surface area (Å²) < 4.78 is 15.6. The Labute approximate surface area is 147 Å². The first-order chi connectivity index (χ1) is 12.1. The Morgan fingerprint density at radius 1 is 0.960 bits per heavy atom. The van der Waals surface area contributed by atoms with E-state index in [2.05, 4.69) is 10.5 Å². The van der Waals surface area contributed by atoms with Crippen LogP contribution in [0, 0.1) is 0 Å². The average molecular weight is 342 g/mol. The van der Waals surface area contributed by atoms with E-state index in [1.54, 1.807) is 34.3 Å². The molecule has 0 unspecified atom stereocenters. The van der Waals surface area contributed by atoms with Crippen molar-refractivity contribution in [2.24, 2.45) is 5.10 Å². The molecule has 2 aromatic rings. The first-order valence-corrected chi connectivity index (χ1v) is 7.75. The van der Waals surface area contributed by atoms with Crippen LogP contribution < -0.4 is 19.6 Å². The zero-order valence-corrected chi connectivity index (χ0v) is 14.8. The molecule has 1 amide bonds. The van der Waals surface area contributed by atoms with Crippen molar-refractivity contribution in [3.63, 3.8) is 0 Å². The van der Waals surface area contributed by atoms with Gasteiger partial charge >= 0.3 is 0 Å². The number of hydrogen-bond donors (Lipinski definition) is 1. The minimum absolute atomic E-state index is 0.197. The molecule has 0 aliphatic rings. The van der Waals surface area contributed by atoms with E-state index in [9.17, 15) is 4.79 Å². The van der Waals surface area contributed by atoms with E-state index in [1.807, 2.05) is 36.4 Å². The van der Waals surface area contributed by atoms with Gasteiger partial charge in [0.1, 0.15) is 17.2 Å². The third kappa shape index (κ3) is 4.97. The van der Waals surface area contributed by atoms with Crippen LogP contribution in [0.25, 0.3) is 0 Å². The number of benzene rings is 2. The van der Waals surface area contributed by atoms with Gasteiger partial charge in [-0.1, -0.05) is 12.1 Å². The first kappa shape index (κ1) is 18.3. The van der Waals surface area contributed by atoms with E-state index in [-0.39, 0.29) is 12.3 Å².